The van der Waals surface area contributed by atoms with Crippen LogP contribution in [0.5, 0.6) is 0 Å². The maximum absolute atomic E-state index is 10.7. The average Bonchev–Trinajstić information content (AvgIpc) is 2.17. The van der Waals surface area contributed by atoms with Crippen molar-refractivity contribution < 1.29 is 34.4 Å². The number of nitrogens with zero attached hydrogens (tertiary/aromatic N) is 1. The van der Waals surface area contributed by atoms with Crippen LogP contribution in [0.4, 0.5) is 25.2 Å². The summed E-state index contributed by atoms with van der Waals surface area (Å²) in [5.41, 5.74) is 0. The van der Waals surface area contributed by atoms with Gasteiger partial charge in [-0.15, -0.1) is 0 Å². The summed E-state index contributed by atoms with van der Waals surface area (Å²) in [6, 6.07) is 0. The van der Waals surface area contributed by atoms with E-state index in [2.05, 4.69) is 34.6 Å². The fourth-order valence-electron chi connectivity index (χ4n) is 1.84. The van der Waals surface area contributed by atoms with Gasteiger partial charge in [0.1, 0.15) is 0 Å². The van der Waals surface area contributed by atoms with E-state index in [9.17, 15) is 25.2 Å². The van der Waals surface area contributed by atoms with Gasteiger partial charge < -0.3 is 4.74 Å². The number of halogens is 6. The predicted molar refractivity (Wildman–Crippen MR) is 66.5 cm³/mol. The van der Waals surface area contributed by atoms with E-state index in [0.29, 0.717) is 6.23 Å². The molecule has 0 fully saturated rings. The Morgan fingerprint density at radius 2 is 1.11 bits per heavy atom. The number of hydrogen-bond donors (Lipinski definition) is 0. The number of quaternary nitrogens is 1. The Hall–Kier alpha value is -0.0700. The predicted octanol–water partition coefficient (Wildman–Crippen LogP) is 5.63. The monoisotopic (exact) mass is 319 g/mol. The SMILES string of the molecule is CCOC(C)[N+](CC)(CC)CC.F[P-](F)(F)(F)(F)F. The summed E-state index contributed by atoms with van der Waals surface area (Å²) in [5.74, 6) is 0. The zero-order chi connectivity index (χ0) is 16.0. The molecule has 0 aromatic carbocycles. The fourth-order valence-corrected chi connectivity index (χ4v) is 1.84. The second kappa shape index (κ2) is 6.14. The molecule has 0 N–H and O–H groups in total. The van der Waals surface area contributed by atoms with Crippen molar-refractivity contribution in [3.05, 3.63) is 0 Å². The first-order valence-corrected chi connectivity index (χ1v) is 8.18. The summed E-state index contributed by atoms with van der Waals surface area (Å²) in [6.07, 6.45) is 0.343. The molecule has 0 spiro atoms. The van der Waals surface area contributed by atoms with E-state index in [4.69, 9.17) is 4.74 Å². The fraction of sp³-hybridized carbons (Fsp3) is 1.00. The molecule has 0 saturated heterocycles. The van der Waals surface area contributed by atoms with E-state index in [0.717, 1.165) is 30.7 Å². The molecule has 2 nitrogen and oxygen atoms in total. The van der Waals surface area contributed by atoms with Crippen molar-refractivity contribution in [1.82, 2.24) is 0 Å². The summed E-state index contributed by atoms with van der Waals surface area (Å²) < 4.78 is 65.9. The van der Waals surface area contributed by atoms with E-state index in [-0.39, 0.29) is 0 Å². The molecule has 0 saturated carbocycles. The minimum atomic E-state index is -10.7. The minimum absolute atomic E-state index is 0.343. The summed E-state index contributed by atoms with van der Waals surface area (Å²) >= 11 is 0. The Morgan fingerprint density at radius 1 is 0.842 bits per heavy atom. The third kappa shape index (κ3) is 14.2. The van der Waals surface area contributed by atoms with Gasteiger partial charge >= 0.3 is 33.0 Å². The topological polar surface area (TPSA) is 9.23 Å². The molecular weight excluding hydrogens is 295 g/mol. The van der Waals surface area contributed by atoms with Crippen LogP contribution in [-0.2, 0) is 4.74 Å². The molecule has 0 aliphatic carbocycles. The number of hydrogen-bond acceptors (Lipinski definition) is 1. The molecule has 0 rings (SSSR count). The van der Waals surface area contributed by atoms with Gasteiger partial charge in [0.15, 0.2) is 6.23 Å². The molecule has 0 bridgehead atoms. The zero-order valence-electron chi connectivity index (χ0n) is 12.0. The van der Waals surface area contributed by atoms with Gasteiger partial charge in [-0.3, -0.25) is 4.48 Å². The molecule has 0 aliphatic rings. The number of rotatable bonds is 6. The van der Waals surface area contributed by atoms with Crippen molar-refractivity contribution >= 4 is 7.81 Å². The van der Waals surface area contributed by atoms with E-state index in [1.165, 1.54) is 0 Å². The van der Waals surface area contributed by atoms with Crippen molar-refractivity contribution in [1.29, 1.82) is 0 Å². The quantitative estimate of drug-likeness (QED) is 0.267. The Kier molecular flexibility index (Phi) is 6.86. The van der Waals surface area contributed by atoms with Gasteiger partial charge in [0.25, 0.3) is 0 Å². The average molecular weight is 319 g/mol. The summed E-state index contributed by atoms with van der Waals surface area (Å²) in [7, 11) is -10.7. The zero-order valence-corrected chi connectivity index (χ0v) is 12.9. The van der Waals surface area contributed by atoms with Crippen LogP contribution in [0, 0.1) is 0 Å². The Labute approximate surface area is 110 Å². The standard InChI is InChI=1S/C10H24NO.F6P/c1-6-11(7-2,8-3)10(5)12-9-4;1-7(2,3,4,5)6/h10H,6-9H2,1-5H3;/q+1;-1. The second-order valence-corrected chi connectivity index (χ2v) is 6.10. The van der Waals surface area contributed by atoms with Crippen molar-refractivity contribution in [2.45, 2.75) is 40.8 Å². The van der Waals surface area contributed by atoms with Crippen molar-refractivity contribution in [2.75, 3.05) is 26.2 Å². The third-order valence-electron chi connectivity index (χ3n) is 3.07. The number of ether oxygens (including phenoxy) is 1. The van der Waals surface area contributed by atoms with Gasteiger partial charge in [0, 0.05) is 6.92 Å². The second-order valence-electron chi connectivity index (χ2n) is 4.18. The molecule has 1 atom stereocenters. The van der Waals surface area contributed by atoms with E-state index in [1.807, 2.05) is 0 Å². The molecule has 0 radical (unpaired) electrons. The third-order valence-corrected chi connectivity index (χ3v) is 3.07. The first-order chi connectivity index (χ1) is 8.11. The van der Waals surface area contributed by atoms with E-state index < -0.39 is 7.81 Å². The first kappa shape index (κ1) is 21.2. The normalized spacial score (nSPS) is 17.8. The molecule has 122 valence electrons. The molecule has 0 heterocycles. The summed E-state index contributed by atoms with van der Waals surface area (Å²) in [5, 5.41) is 0. The van der Waals surface area contributed by atoms with Gasteiger partial charge in [-0.05, 0) is 27.7 Å². The molecule has 0 amide bonds. The van der Waals surface area contributed by atoms with Crippen LogP contribution in [0.2, 0.25) is 0 Å². The van der Waals surface area contributed by atoms with E-state index >= 15 is 0 Å². The molecule has 1 unspecified atom stereocenters. The van der Waals surface area contributed by atoms with Gasteiger partial charge in [-0.2, -0.15) is 0 Å². The van der Waals surface area contributed by atoms with Crippen molar-refractivity contribution in [3.8, 4) is 0 Å². The van der Waals surface area contributed by atoms with Crippen molar-refractivity contribution in [2.24, 2.45) is 0 Å². The molecule has 0 aromatic rings. The molecular formula is C10H24F6NOP. The molecule has 0 aliphatic heterocycles. The first-order valence-electron chi connectivity index (χ1n) is 6.15. The van der Waals surface area contributed by atoms with Gasteiger partial charge in [0.05, 0.1) is 26.2 Å². The van der Waals surface area contributed by atoms with Crippen LogP contribution in [0.3, 0.4) is 0 Å². The Bertz CT molecular complexity index is 241. The van der Waals surface area contributed by atoms with Crippen LogP contribution in [0.25, 0.3) is 0 Å². The van der Waals surface area contributed by atoms with Crippen LogP contribution >= 0.6 is 7.81 Å². The molecule has 19 heavy (non-hydrogen) atoms. The molecule has 0 aromatic heterocycles. The molecule has 9 heteroatoms. The summed E-state index contributed by atoms with van der Waals surface area (Å²) in [6.45, 7) is 15.3. The van der Waals surface area contributed by atoms with Crippen LogP contribution in [-0.4, -0.2) is 37.0 Å². The van der Waals surface area contributed by atoms with Crippen LogP contribution in [0.15, 0.2) is 0 Å². The van der Waals surface area contributed by atoms with E-state index in [1.54, 1.807) is 0 Å². The maximum atomic E-state index is 9.87. The Morgan fingerprint density at radius 3 is 1.26 bits per heavy atom. The van der Waals surface area contributed by atoms with Crippen molar-refractivity contribution in [3.63, 3.8) is 0 Å². The van der Waals surface area contributed by atoms with Crippen LogP contribution < -0.4 is 0 Å². The summed E-state index contributed by atoms with van der Waals surface area (Å²) in [4.78, 5) is 0. The van der Waals surface area contributed by atoms with Gasteiger partial charge in [0.2, 0.25) is 0 Å². The van der Waals surface area contributed by atoms with Crippen LogP contribution in [0.1, 0.15) is 34.6 Å². The van der Waals surface area contributed by atoms with Gasteiger partial charge in [-0.1, -0.05) is 0 Å². The Balaban J connectivity index is 0. The van der Waals surface area contributed by atoms with Gasteiger partial charge in [-0.25, -0.2) is 0 Å².